The van der Waals surface area contributed by atoms with E-state index in [1.165, 1.54) is 87.0 Å². The topological polar surface area (TPSA) is 27.3 Å². The van der Waals surface area contributed by atoms with Gasteiger partial charge in [0.1, 0.15) is 0 Å². The van der Waals surface area contributed by atoms with Crippen molar-refractivity contribution in [3.05, 3.63) is 53.1 Å². The number of nitrogens with zero attached hydrogens (tertiary/aromatic N) is 1. The molecule has 0 spiro atoms. The normalized spacial score (nSPS) is 29.6. The van der Waals surface area contributed by atoms with Gasteiger partial charge >= 0.3 is 0 Å². The minimum absolute atomic E-state index is 0.607. The molecule has 5 rings (SSSR count). The Bertz CT molecular complexity index is 787. The van der Waals surface area contributed by atoms with E-state index in [-0.39, 0.29) is 0 Å². The second-order valence-corrected chi connectivity index (χ2v) is 9.90. The van der Waals surface area contributed by atoms with Gasteiger partial charge in [0.2, 0.25) is 0 Å². The van der Waals surface area contributed by atoms with Gasteiger partial charge in [0.25, 0.3) is 0 Å². The van der Waals surface area contributed by atoms with E-state index < -0.39 is 0 Å². The first kappa shape index (κ1) is 19.4. The van der Waals surface area contributed by atoms with E-state index in [1.54, 1.807) is 5.56 Å². The molecule has 0 amide bonds. The number of benzene rings is 1. The van der Waals surface area contributed by atoms with Gasteiger partial charge in [0.05, 0.1) is 0 Å². The molecule has 3 aliphatic heterocycles. The first-order valence-electron chi connectivity index (χ1n) is 11.9. The highest BCUT2D eigenvalue weighted by Gasteiger charge is 2.36. The summed E-state index contributed by atoms with van der Waals surface area (Å²) in [6.07, 6.45) is 9.22. The summed E-state index contributed by atoms with van der Waals surface area (Å²) in [5.41, 5.74) is 7.21. The molecule has 0 radical (unpaired) electrons. The van der Waals surface area contributed by atoms with Crippen LogP contribution in [0.4, 0.5) is 0 Å². The monoisotopic (exact) mass is 389 g/mol. The zero-order chi connectivity index (χ0) is 19.8. The predicted octanol–water partition coefficient (Wildman–Crippen LogP) is 3.64. The first-order valence-corrected chi connectivity index (χ1v) is 11.9. The Labute approximate surface area is 177 Å². The minimum atomic E-state index is 0.607. The molecule has 1 atom stereocenters. The summed E-state index contributed by atoms with van der Waals surface area (Å²) in [6, 6.07) is 7.64. The first-order chi connectivity index (χ1) is 14.2. The largest absolute Gasteiger partial charge is 0.393 e. The Kier molecular flexibility index (Phi) is 5.58. The molecule has 4 heteroatoms. The molecule has 2 N–H and O–H groups in total. The van der Waals surface area contributed by atoms with E-state index in [2.05, 4.69) is 53.2 Å². The van der Waals surface area contributed by atoms with Crippen LogP contribution in [0.2, 0.25) is 0 Å². The maximum atomic E-state index is 4.21. The third kappa shape index (κ3) is 4.07. The SMILES string of the molecule is C=C(C)c1cccc2c1CB1C=C(CC3CCC(N4CCNCC4)CC3)NC1C2. The molecular formula is C25H36BN3. The van der Waals surface area contributed by atoms with Gasteiger partial charge in [-0.25, -0.2) is 0 Å². The van der Waals surface area contributed by atoms with Crippen LogP contribution in [0.1, 0.15) is 55.7 Å². The number of fused-ring (bicyclic) bond motifs is 2. The molecule has 1 saturated carbocycles. The van der Waals surface area contributed by atoms with Crippen LogP contribution >= 0.6 is 0 Å². The Morgan fingerprint density at radius 2 is 1.97 bits per heavy atom. The zero-order valence-corrected chi connectivity index (χ0v) is 18.1. The van der Waals surface area contributed by atoms with Crippen LogP contribution in [-0.4, -0.2) is 49.8 Å². The minimum Gasteiger partial charge on any atom is -0.393 e. The Morgan fingerprint density at radius 1 is 1.17 bits per heavy atom. The standard InChI is InChI=1S/C25H36BN3/c1-18(2)23-5-3-4-20-15-25-26(17-24(20)23)16-21(28-25)14-19-6-8-22(9-7-19)29-12-10-27-11-13-29/h3-5,16,19,22,25,27-28H,1,6-15,17H2,2H3. The molecule has 2 fully saturated rings. The van der Waals surface area contributed by atoms with Crippen molar-refractivity contribution in [2.24, 2.45) is 5.92 Å². The molecule has 3 nitrogen and oxygen atoms in total. The van der Waals surface area contributed by atoms with Gasteiger partial charge in [-0.2, -0.15) is 0 Å². The van der Waals surface area contributed by atoms with E-state index >= 15 is 0 Å². The smallest absolute Gasteiger partial charge is 0.199 e. The molecular weight excluding hydrogens is 353 g/mol. The number of hydrogen-bond acceptors (Lipinski definition) is 3. The summed E-state index contributed by atoms with van der Waals surface area (Å²) >= 11 is 0. The van der Waals surface area contributed by atoms with Crippen LogP contribution in [0.3, 0.4) is 0 Å². The number of rotatable bonds is 4. The summed E-state index contributed by atoms with van der Waals surface area (Å²) in [6.45, 7) is 11.9. The van der Waals surface area contributed by atoms with Crippen molar-refractivity contribution in [3.63, 3.8) is 0 Å². The van der Waals surface area contributed by atoms with Crippen molar-refractivity contribution in [2.45, 2.75) is 63.8 Å². The van der Waals surface area contributed by atoms with Gasteiger partial charge in [0.15, 0.2) is 6.71 Å². The molecule has 1 aliphatic carbocycles. The van der Waals surface area contributed by atoms with Crippen LogP contribution in [-0.2, 0) is 12.7 Å². The summed E-state index contributed by atoms with van der Waals surface area (Å²) in [7, 11) is 0. The summed E-state index contributed by atoms with van der Waals surface area (Å²) in [5.74, 6) is 4.07. The molecule has 1 aromatic rings. The van der Waals surface area contributed by atoms with Crippen LogP contribution < -0.4 is 10.6 Å². The molecule has 1 saturated heterocycles. The van der Waals surface area contributed by atoms with Crippen molar-refractivity contribution in [1.82, 2.24) is 15.5 Å². The second kappa shape index (κ2) is 8.31. The quantitative estimate of drug-likeness (QED) is 0.770. The summed E-state index contributed by atoms with van der Waals surface area (Å²) in [5, 5.41) is 7.41. The van der Waals surface area contributed by atoms with Gasteiger partial charge in [-0.05, 0) is 80.1 Å². The molecule has 3 heterocycles. The number of allylic oxidation sites excluding steroid dienone is 2. The van der Waals surface area contributed by atoms with Crippen LogP contribution in [0.5, 0.6) is 0 Å². The zero-order valence-electron chi connectivity index (χ0n) is 18.1. The van der Waals surface area contributed by atoms with Crippen LogP contribution in [0.15, 0.2) is 36.5 Å². The Hall–Kier alpha value is -1.52. The number of piperazine rings is 1. The summed E-state index contributed by atoms with van der Waals surface area (Å²) in [4.78, 5) is 2.74. The summed E-state index contributed by atoms with van der Waals surface area (Å²) < 4.78 is 0. The van der Waals surface area contributed by atoms with E-state index in [9.17, 15) is 0 Å². The average Bonchev–Trinajstić information content (AvgIpc) is 3.13. The second-order valence-electron chi connectivity index (χ2n) is 9.90. The number of hydrogen-bond donors (Lipinski definition) is 2. The van der Waals surface area contributed by atoms with Crippen LogP contribution in [0, 0.1) is 5.92 Å². The maximum absolute atomic E-state index is 4.21. The molecule has 154 valence electrons. The van der Waals surface area contributed by atoms with Gasteiger partial charge in [0, 0.05) is 38.2 Å². The van der Waals surface area contributed by atoms with Crippen LogP contribution in [0.25, 0.3) is 5.57 Å². The molecule has 1 aromatic carbocycles. The van der Waals surface area contributed by atoms with E-state index in [0.717, 1.165) is 18.4 Å². The fraction of sp³-hybridized carbons (Fsp3) is 0.600. The third-order valence-electron chi connectivity index (χ3n) is 7.91. The van der Waals surface area contributed by atoms with Gasteiger partial charge in [-0.1, -0.05) is 36.3 Å². The average molecular weight is 389 g/mol. The highest BCUT2D eigenvalue weighted by molar-refractivity contribution is 6.67. The van der Waals surface area contributed by atoms with E-state index in [0.29, 0.717) is 12.7 Å². The molecule has 1 unspecified atom stereocenters. The highest BCUT2D eigenvalue weighted by Crippen LogP contribution is 2.35. The lowest BCUT2D eigenvalue weighted by atomic mass is 9.39. The predicted molar refractivity (Wildman–Crippen MR) is 124 cm³/mol. The lowest BCUT2D eigenvalue weighted by molar-refractivity contribution is 0.121. The molecule has 4 aliphatic rings. The lowest BCUT2D eigenvalue weighted by Gasteiger charge is -2.39. The van der Waals surface area contributed by atoms with Gasteiger partial charge in [-0.15, -0.1) is 0 Å². The van der Waals surface area contributed by atoms with Gasteiger partial charge in [-0.3, -0.25) is 4.90 Å². The fourth-order valence-electron chi connectivity index (χ4n) is 6.31. The van der Waals surface area contributed by atoms with Crippen molar-refractivity contribution in [3.8, 4) is 0 Å². The van der Waals surface area contributed by atoms with Crippen molar-refractivity contribution in [1.29, 1.82) is 0 Å². The van der Waals surface area contributed by atoms with Crippen molar-refractivity contribution >= 4 is 12.3 Å². The molecule has 29 heavy (non-hydrogen) atoms. The Balaban J connectivity index is 1.18. The number of nitrogens with one attached hydrogen (secondary N) is 2. The van der Waals surface area contributed by atoms with E-state index in [4.69, 9.17) is 0 Å². The van der Waals surface area contributed by atoms with E-state index in [1.807, 2.05) is 0 Å². The van der Waals surface area contributed by atoms with Crippen molar-refractivity contribution in [2.75, 3.05) is 26.2 Å². The molecule has 0 aromatic heterocycles. The molecule has 0 bridgehead atoms. The highest BCUT2D eigenvalue weighted by atomic mass is 15.2. The lowest BCUT2D eigenvalue weighted by Crippen LogP contribution is -2.49. The van der Waals surface area contributed by atoms with Gasteiger partial charge < -0.3 is 10.6 Å². The Morgan fingerprint density at radius 3 is 2.72 bits per heavy atom. The third-order valence-corrected chi connectivity index (χ3v) is 7.91. The maximum Gasteiger partial charge on any atom is 0.199 e. The van der Waals surface area contributed by atoms with Crippen molar-refractivity contribution < 1.29 is 0 Å². The fourth-order valence-corrected chi connectivity index (χ4v) is 6.31.